The van der Waals surface area contributed by atoms with Gasteiger partial charge in [0.15, 0.2) is 0 Å². The molecule has 1 amide bonds. The Morgan fingerprint density at radius 2 is 1.32 bits per heavy atom. The van der Waals surface area contributed by atoms with Crippen LogP contribution in [-0.2, 0) is 20.0 Å². The van der Waals surface area contributed by atoms with Crippen molar-refractivity contribution in [2.75, 3.05) is 30.8 Å². The zero-order chi connectivity index (χ0) is 28.1. The number of methoxy groups -OCH3 is 3. The van der Waals surface area contributed by atoms with Crippen molar-refractivity contribution in [3.8, 4) is 17.2 Å². The summed E-state index contributed by atoms with van der Waals surface area (Å²) in [6, 6.07) is 13.5. The average Bonchev–Trinajstić information content (AvgIpc) is 2.88. The quantitative estimate of drug-likeness (QED) is 0.321. The lowest BCUT2D eigenvalue weighted by atomic mass is 10.2. The zero-order valence-corrected chi connectivity index (χ0v) is 23.1. The minimum atomic E-state index is -4.11. The van der Waals surface area contributed by atoms with Crippen LogP contribution in [0.5, 0.6) is 17.2 Å². The van der Waals surface area contributed by atoms with Crippen LogP contribution < -0.4 is 29.0 Å². The summed E-state index contributed by atoms with van der Waals surface area (Å²) in [6.07, 6.45) is 0. The second kappa shape index (κ2) is 11.6. The van der Waals surface area contributed by atoms with E-state index < -0.39 is 26.0 Å². The van der Waals surface area contributed by atoms with Crippen molar-refractivity contribution < 1.29 is 35.8 Å². The van der Waals surface area contributed by atoms with Crippen LogP contribution in [0.25, 0.3) is 0 Å². The molecule has 13 heteroatoms. The van der Waals surface area contributed by atoms with Crippen molar-refractivity contribution in [3.05, 3.63) is 66.2 Å². The Bertz CT molecular complexity index is 1520. The van der Waals surface area contributed by atoms with Gasteiger partial charge in [-0.25, -0.2) is 16.8 Å². The lowest BCUT2D eigenvalue weighted by molar-refractivity contribution is 0.0940. The maximum atomic E-state index is 13.0. The average molecular weight is 564 g/mol. The smallest absolute Gasteiger partial charge is 0.262 e. The highest BCUT2D eigenvalue weighted by atomic mass is 32.2. The molecule has 0 saturated heterocycles. The third-order valence-electron chi connectivity index (χ3n) is 5.22. The van der Waals surface area contributed by atoms with E-state index in [2.05, 4.69) is 14.8 Å². The summed E-state index contributed by atoms with van der Waals surface area (Å²) in [5.74, 6) is 0.492. The number of amides is 1. The van der Waals surface area contributed by atoms with Gasteiger partial charge in [-0.15, -0.1) is 0 Å². The second-order valence-corrected chi connectivity index (χ2v) is 11.7. The summed E-state index contributed by atoms with van der Waals surface area (Å²) in [5, 5.41) is 2.70. The molecule has 0 bridgehead atoms. The van der Waals surface area contributed by atoms with Crippen LogP contribution in [0.4, 0.5) is 11.4 Å². The van der Waals surface area contributed by atoms with Crippen LogP contribution in [-0.4, -0.2) is 50.1 Å². The van der Waals surface area contributed by atoms with Gasteiger partial charge < -0.3 is 19.5 Å². The van der Waals surface area contributed by atoms with E-state index in [-0.39, 0.29) is 44.3 Å². The number of carbonyl (C=O) groups excluding carboxylic acids is 1. The molecule has 0 aliphatic carbocycles. The molecule has 3 aromatic rings. The fraction of sp³-hybridized carbons (Fsp3) is 0.240. The van der Waals surface area contributed by atoms with Gasteiger partial charge in [-0.1, -0.05) is 0 Å². The summed E-state index contributed by atoms with van der Waals surface area (Å²) in [5.41, 5.74) is 0.385. The molecule has 0 unspecified atom stereocenters. The standard InChI is InChI=1S/C25H29N3O8S2/c1-16(2)26-25(29)21-15-20(11-13-23(21)35-4)38(32,33)27-17-6-9-19(10-7-17)37(30,31)28-22-12-8-18(34-3)14-24(22)36-5/h6-16,27-28H,1-5H3,(H,26,29). The predicted molar refractivity (Wildman–Crippen MR) is 143 cm³/mol. The number of nitrogens with one attached hydrogen (secondary N) is 3. The second-order valence-electron chi connectivity index (χ2n) is 8.29. The van der Waals surface area contributed by atoms with Crippen molar-refractivity contribution in [3.63, 3.8) is 0 Å². The molecule has 0 aliphatic rings. The van der Waals surface area contributed by atoms with E-state index in [1.165, 1.54) is 75.9 Å². The first-order chi connectivity index (χ1) is 17.9. The van der Waals surface area contributed by atoms with Crippen LogP contribution in [0.3, 0.4) is 0 Å². The van der Waals surface area contributed by atoms with Gasteiger partial charge in [-0.05, 0) is 68.4 Å². The Labute approximate surface area is 222 Å². The monoisotopic (exact) mass is 563 g/mol. The van der Waals surface area contributed by atoms with Crippen molar-refractivity contribution in [2.45, 2.75) is 29.7 Å². The number of anilines is 2. The largest absolute Gasteiger partial charge is 0.497 e. The molecule has 0 spiro atoms. The molecule has 0 radical (unpaired) electrons. The van der Waals surface area contributed by atoms with E-state index in [1.807, 2.05) is 0 Å². The third kappa shape index (κ3) is 6.66. The van der Waals surface area contributed by atoms with E-state index in [9.17, 15) is 21.6 Å². The molecule has 0 atom stereocenters. The number of rotatable bonds is 11. The Morgan fingerprint density at radius 3 is 1.89 bits per heavy atom. The lowest BCUT2D eigenvalue weighted by Gasteiger charge is -2.15. The molecule has 3 N–H and O–H groups in total. The molecule has 0 fully saturated rings. The molecule has 0 aliphatic heterocycles. The Kier molecular flexibility index (Phi) is 8.74. The topological polar surface area (TPSA) is 149 Å². The zero-order valence-electron chi connectivity index (χ0n) is 21.4. The number of hydrogen-bond acceptors (Lipinski definition) is 8. The predicted octanol–water partition coefficient (Wildman–Crippen LogP) is 3.45. The number of sulfonamides is 2. The van der Waals surface area contributed by atoms with Crippen LogP contribution in [0, 0.1) is 0 Å². The van der Waals surface area contributed by atoms with E-state index in [1.54, 1.807) is 19.9 Å². The summed E-state index contributed by atoms with van der Waals surface area (Å²) < 4.78 is 72.2. The summed E-state index contributed by atoms with van der Waals surface area (Å²) in [7, 11) is -3.88. The van der Waals surface area contributed by atoms with Gasteiger partial charge in [0.25, 0.3) is 26.0 Å². The van der Waals surface area contributed by atoms with Crippen molar-refractivity contribution in [1.29, 1.82) is 0 Å². The van der Waals surface area contributed by atoms with Crippen molar-refractivity contribution >= 4 is 37.3 Å². The first-order valence-electron chi connectivity index (χ1n) is 11.3. The molecule has 3 aromatic carbocycles. The SMILES string of the molecule is COc1ccc(NS(=O)(=O)c2ccc(NS(=O)(=O)c3ccc(OC)c(C(=O)NC(C)C)c3)cc2)c(OC)c1. The first kappa shape index (κ1) is 28.6. The molecule has 204 valence electrons. The maximum absolute atomic E-state index is 13.0. The molecular formula is C25H29N3O8S2. The molecule has 0 aromatic heterocycles. The van der Waals surface area contributed by atoms with Crippen LogP contribution in [0.1, 0.15) is 24.2 Å². The summed E-state index contributed by atoms with van der Waals surface area (Å²) >= 11 is 0. The van der Waals surface area contributed by atoms with E-state index in [0.29, 0.717) is 5.75 Å². The van der Waals surface area contributed by atoms with Crippen LogP contribution in [0.15, 0.2) is 70.5 Å². The van der Waals surface area contributed by atoms with Gasteiger partial charge in [-0.3, -0.25) is 14.2 Å². The minimum Gasteiger partial charge on any atom is -0.497 e. The fourth-order valence-electron chi connectivity index (χ4n) is 3.37. The summed E-state index contributed by atoms with van der Waals surface area (Å²) in [4.78, 5) is 12.3. The van der Waals surface area contributed by atoms with Gasteiger partial charge >= 0.3 is 0 Å². The number of ether oxygens (including phenoxy) is 3. The minimum absolute atomic E-state index is 0.0607. The molecular weight excluding hydrogens is 534 g/mol. The first-order valence-corrected chi connectivity index (χ1v) is 14.2. The molecule has 3 rings (SSSR count). The third-order valence-corrected chi connectivity index (χ3v) is 7.98. The van der Waals surface area contributed by atoms with Gasteiger partial charge in [0.1, 0.15) is 17.2 Å². The van der Waals surface area contributed by atoms with Gasteiger partial charge in [0.05, 0.1) is 42.4 Å². The lowest BCUT2D eigenvalue weighted by Crippen LogP contribution is -2.30. The van der Waals surface area contributed by atoms with Crippen LogP contribution in [0.2, 0.25) is 0 Å². The van der Waals surface area contributed by atoms with Gasteiger partial charge in [-0.2, -0.15) is 0 Å². The molecule has 0 saturated carbocycles. The highest BCUT2D eigenvalue weighted by molar-refractivity contribution is 7.93. The Hall–Kier alpha value is -3.97. The van der Waals surface area contributed by atoms with Gasteiger partial charge in [0.2, 0.25) is 0 Å². The highest BCUT2D eigenvalue weighted by Crippen LogP contribution is 2.31. The Balaban J connectivity index is 1.82. The molecule has 0 heterocycles. The van der Waals surface area contributed by atoms with E-state index in [4.69, 9.17) is 14.2 Å². The maximum Gasteiger partial charge on any atom is 0.262 e. The highest BCUT2D eigenvalue weighted by Gasteiger charge is 2.22. The van der Waals surface area contributed by atoms with Crippen LogP contribution >= 0.6 is 0 Å². The fourth-order valence-corrected chi connectivity index (χ4v) is 5.53. The van der Waals surface area contributed by atoms with Crippen molar-refractivity contribution in [1.82, 2.24) is 5.32 Å². The van der Waals surface area contributed by atoms with Gasteiger partial charge in [0, 0.05) is 17.8 Å². The number of hydrogen-bond donors (Lipinski definition) is 3. The Morgan fingerprint density at radius 1 is 0.711 bits per heavy atom. The molecule has 11 nitrogen and oxygen atoms in total. The normalized spacial score (nSPS) is 11.5. The van der Waals surface area contributed by atoms with E-state index in [0.717, 1.165) is 0 Å². The number of carbonyl (C=O) groups is 1. The van der Waals surface area contributed by atoms with E-state index >= 15 is 0 Å². The summed E-state index contributed by atoms with van der Waals surface area (Å²) in [6.45, 7) is 3.55. The molecule has 38 heavy (non-hydrogen) atoms. The van der Waals surface area contributed by atoms with Crippen molar-refractivity contribution in [2.24, 2.45) is 0 Å². The number of benzene rings is 3.